The molecular formula is C10H19NS. The largest absolute Gasteiger partial charge is 0.297 e. The van der Waals surface area contributed by atoms with Gasteiger partial charge < -0.3 is 0 Å². The summed E-state index contributed by atoms with van der Waals surface area (Å²) in [6, 6.07) is 0. The molecule has 70 valence electrons. The zero-order valence-corrected chi connectivity index (χ0v) is 9.13. The summed E-state index contributed by atoms with van der Waals surface area (Å²) in [5.74, 6) is 2.21. The lowest BCUT2D eigenvalue weighted by atomic mass is 10.1. The summed E-state index contributed by atoms with van der Waals surface area (Å²) in [4.78, 5) is 0.461. The Morgan fingerprint density at radius 1 is 1.42 bits per heavy atom. The molecule has 0 amide bonds. The Balaban J connectivity index is 2.06. The van der Waals surface area contributed by atoms with Crippen LogP contribution >= 0.6 is 11.8 Å². The Labute approximate surface area is 79.7 Å². The third-order valence-electron chi connectivity index (χ3n) is 2.99. The monoisotopic (exact) mass is 185 g/mol. The van der Waals surface area contributed by atoms with Crippen LogP contribution in [-0.4, -0.2) is 16.2 Å². The van der Waals surface area contributed by atoms with Gasteiger partial charge in [0, 0.05) is 11.3 Å². The quantitative estimate of drug-likeness (QED) is 0.622. The van der Waals surface area contributed by atoms with E-state index in [9.17, 15) is 0 Å². The molecule has 0 aromatic heterocycles. The zero-order chi connectivity index (χ0) is 8.82. The third kappa shape index (κ3) is 1.51. The highest BCUT2D eigenvalue weighted by Gasteiger charge is 2.46. The molecule has 0 aromatic rings. The molecule has 0 radical (unpaired) electrons. The van der Waals surface area contributed by atoms with E-state index in [1.165, 1.54) is 25.0 Å². The lowest BCUT2D eigenvalue weighted by Crippen LogP contribution is -2.45. The van der Waals surface area contributed by atoms with Crippen molar-refractivity contribution in [2.75, 3.05) is 5.75 Å². The van der Waals surface area contributed by atoms with E-state index >= 15 is 0 Å². The van der Waals surface area contributed by atoms with Crippen molar-refractivity contribution in [1.29, 1.82) is 0 Å². The normalized spacial score (nSPS) is 45.8. The lowest BCUT2D eigenvalue weighted by molar-refractivity contribution is 0.362. The van der Waals surface area contributed by atoms with Gasteiger partial charge in [0.1, 0.15) is 0 Å². The Kier molecular flexibility index (Phi) is 1.96. The van der Waals surface area contributed by atoms with Gasteiger partial charge in [0.05, 0.1) is 4.87 Å². The maximum atomic E-state index is 3.80. The summed E-state index contributed by atoms with van der Waals surface area (Å²) in [7, 11) is 0. The highest BCUT2D eigenvalue weighted by atomic mass is 32.2. The second-order valence-corrected chi connectivity index (χ2v) is 6.50. The fourth-order valence-corrected chi connectivity index (χ4v) is 4.22. The highest BCUT2D eigenvalue weighted by Crippen LogP contribution is 2.48. The van der Waals surface area contributed by atoms with Crippen LogP contribution in [0.2, 0.25) is 0 Å². The Hall–Kier alpha value is 0.310. The van der Waals surface area contributed by atoms with Gasteiger partial charge in [-0.15, -0.1) is 11.8 Å². The summed E-state index contributed by atoms with van der Waals surface area (Å²) >= 11 is 2.15. The molecule has 1 aliphatic heterocycles. The SMILES string of the molecule is CC1CCC2(C1)NC(C)(C)CS2. The van der Waals surface area contributed by atoms with E-state index < -0.39 is 0 Å². The molecule has 1 saturated carbocycles. The first-order valence-electron chi connectivity index (χ1n) is 4.95. The lowest BCUT2D eigenvalue weighted by Gasteiger charge is -2.27. The molecule has 2 fully saturated rings. The van der Waals surface area contributed by atoms with Crippen molar-refractivity contribution in [1.82, 2.24) is 5.32 Å². The second-order valence-electron chi connectivity index (χ2n) is 5.14. The number of hydrogen-bond acceptors (Lipinski definition) is 2. The number of thioether (sulfide) groups is 1. The average molecular weight is 185 g/mol. The van der Waals surface area contributed by atoms with Crippen LogP contribution in [0.3, 0.4) is 0 Å². The fourth-order valence-electron chi connectivity index (χ4n) is 2.50. The molecule has 0 bridgehead atoms. The molecule has 12 heavy (non-hydrogen) atoms. The summed E-state index contributed by atoms with van der Waals surface area (Å²) in [6.45, 7) is 7.01. The minimum atomic E-state index is 0.370. The minimum absolute atomic E-state index is 0.370. The average Bonchev–Trinajstić information content (AvgIpc) is 2.41. The molecule has 1 saturated heterocycles. The Morgan fingerprint density at radius 2 is 2.17 bits per heavy atom. The van der Waals surface area contributed by atoms with Crippen molar-refractivity contribution in [3.63, 3.8) is 0 Å². The van der Waals surface area contributed by atoms with Crippen LogP contribution in [0.25, 0.3) is 0 Å². The fraction of sp³-hybridized carbons (Fsp3) is 1.00. The van der Waals surface area contributed by atoms with Crippen LogP contribution in [-0.2, 0) is 0 Å². The van der Waals surface area contributed by atoms with Gasteiger partial charge in [0.15, 0.2) is 0 Å². The van der Waals surface area contributed by atoms with Gasteiger partial charge in [-0.1, -0.05) is 6.92 Å². The van der Waals surface area contributed by atoms with Crippen molar-refractivity contribution >= 4 is 11.8 Å². The van der Waals surface area contributed by atoms with Crippen LogP contribution in [0.15, 0.2) is 0 Å². The van der Waals surface area contributed by atoms with Crippen molar-refractivity contribution < 1.29 is 0 Å². The molecule has 1 aliphatic carbocycles. The number of hydrogen-bond donors (Lipinski definition) is 1. The smallest absolute Gasteiger partial charge is 0.0652 e. The van der Waals surface area contributed by atoms with Gasteiger partial charge >= 0.3 is 0 Å². The van der Waals surface area contributed by atoms with E-state index in [-0.39, 0.29) is 0 Å². The molecule has 1 spiro atoms. The van der Waals surface area contributed by atoms with E-state index in [0.717, 1.165) is 5.92 Å². The molecule has 0 aromatic carbocycles. The van der Waals surface area contributed by atoms with Gasteiger partial charge in [-0.25, -0.2) is 0 Å². The first-order valence-corrected chi connectivity index (χ1v) is 5.93. The topological polar surface area (TPSA) is 12.0 Å². The molecule has 2 aliphatic rings. The zero-order valence-electron chi connectivity index (χ0n) is 8.31. The molecule has 2 rings (SSSR count). The van der Waals surface area contributed by atoms with Gasteiger partial charge in [-0.2, -0.15) is 0 Å². The summed E-state index contributed by atoms with van der Waals surface area (Å²) in [5, 5.41) is 3.80. The Morgan fingerprint density at radius 3 is 2.58 bits per heavy atom. The van der Waals surface area contributed by atoms with E-state index in [2.05, 4.69) is 37.8 Å². The van der Waals surface area contributed by atoms with Crippen molar-refractivity contribution in [3.8, 4) is 0 Å². The highest BCUT2D eigenvalue weighted by molar-refractivity contribution is 8.01. The summed E-state index contributed by atoms with van der Waals surface area (Å²) < 4.78 is 0. The summed E-state index contributed by atoms with van der Waals surface area (Å²) in [5.41, 5.74) is 0.370. The number of rotatable bonds is 0. The maximum Gasteiger partial charge on any atom is 0.0652 e. The van der Waals surface area contributed by atoms with Crippen LogP contribution < -0.4 is 5.32 Å². The molecular weight excluding hydrogens is 166 g/mol. The predicted octanol–water partition coefficient (Wildman–Crippen LogP) is 2.62. The van der Waals surface area contributed by atoms with Gasteiger partial charge in [-0.3, -0.25) is 5.32 Å². The van der Waals surface area contributed by atoms with Crippen molar-refractivity contribution in [2.45, 2.75) is 50.4 Å². The van der Waals surface area contributed by atoms with Crippen LogP contribution in [0.1, 0.15) is 40.0 Å². The second kappa shape index (κ2) is 2.65. The van der Waals surface area contributed by atoms with E-state index in [0.29, 0.717) is 10.4 Å². The number of nitrogens with one attached hydrogen (secondary N) is 1. The van der Waals surface area contributed by atoms with E-state index in [1.54, 1.807) is 0 Å². The standard InChI is InChI=1S/C10H19NS/c1-8-4-5-10(6-8)11-9(2,3)7-12-10/h8,11H,4-7H2,1-3H3. The van der Waals surface area contributed by atoms with Gasteiger partial charge in [0.2, 0.25) is 0 Å². The summed E-state index contributed by atoms with van der Waals surface area (Å²) in [6.07, 6.45) is 4.17. The van der Waals surface area contributed by atoms with Gasteiger partial charge in [-0.05, 0) is 39.0 Å². The first kappa shape index (κ1) is 8.89. The predicted molar refractivity (Wildman–Crippen MR) is 55.4 cm³/mol. The van der Waals surface area contributed by atoms with E-state index in [1.807, 2.05) is 0 Å². The van der Waals surface area contributed by atoms with Gasteiger partial charge in [0.25, 0.3) is 0 Å². The minimum Gasteiger partial charge on any atom is -0.297 e. The first-order chi connectivity index (χ1) is 5.52. The van der Waals surface area contributed by atoms with Crippen LogP contribution in [0.5, 0.6) is 0 Å². The molecule has 2 unspecified atom stereocenters. The van der Waals surface area contributed by atoms with Crippen molar-refractivity contribution in [2.24, 2.45) is 5.92 Å². The van der Waals surface area contributed by atoms with Crippen molar-refractivity contribution in [3.05, 3.63) is 0 Å². The molecule has 2 heteroatoms. The molecule has 1 heterocycles. The molecule has 1 N–H and O–H groups in total. The Bertz CT molecular complexity index is 190. The van der Waals surface area contributed by atoms with Crippen LogP contribution in [0.4, 0.5) is 0 Å². The van der Waals surface area contributed by atoms with Crippen LogP contribution in [0, 0.1) is 5.92 Å². The van der Waals surface area contributed by atoms with E-state index in [4.69, 9.17) is 0 Å². The third-order valence-corrected chi connectivity index (χ3v) is 4.89. The maximum absolute atomic E-state index is 3.80. The molecule has 2 atom stereocenters. The molecule has 1 nitrogen and oxygen atoms in total.